The molecule has 0 aliphatic rings. The molecule has 0 spiro atoms. The first-order valence-corrected chi connectivity index (χ1v) is 8.54. The van der Waals surface area contributed by atoms with E-state index in [2.05, 4.69) is 26.0 Å². The van der Waals surface area contributed by atoms with E-state index in [-0.39, 0.29) is 0 Å². The Balaban J connectivity index is 2.41. The molecule has 1 rings (SSSR count). The molecular weight excluding hydrogens is 252 g/mol. The fraction of sp³-hybridized carbons (Fsp3) is 0.471. The molecule has 0 aromatic heterocycles. The zero-order valence-electron chi connectivity index (χ0n) is 11.9. The lowest BCUT2D eigenvalue weighted by molar-refractivity contribution is 0.588. The van der Waals surface area contributed by atoms with Crippen LogP contribution < -0.4 is 0 Å². The molecule has 1 unspecified atom stereocenters. The first-order chi connectivity index (χ1) is 9.27. The zero-order valence-corrected chi connectivity index (χ0v) is 12.8. The number of unbranched alkanes of at least 4 members (excludes halogenated alkanes) is 4. The van der Waals surface area contributed by atoms with Crippen LogP contribution in [0.3, 0.4) is 0 Å². The molecule has 0 aliphatic carbocycles. The summed E-state index contributed by atoms with van der Waals surface area (Å²) in [5.74, 6) is 0.788. The van der Waals surface area contributed by atoms with Gasteiger partial charge in [-0.2, -0.15) is 0 Å². The van der Waals surface area contributed by atoms with Crippen LogP contribution in [0.5, 0.6) is 0 Å². The standard InChI is InChI=1S/C17H25OS/c1-3-5-7-9-15-19(18)17-13-11-16(12-14-17)10-8-6-4-2/h8,10-14H,2-7,9,15H2,1H3. The van der Waals surface area contributed by atoms with Gasteiger partial charge in [0.05, 0.1) is 0 Å². The van der Waals surface area contributed by atoms with Crippen molar-refractivity contribution in [2.45, 2.75) is 50.3 Å². The average Bonchev–Trinajstić information content (AvgIpc) is 2.44. The van der Waals surface area contributed by atoms with Gasteiger partial charge in [0.25, 0.3) is 0 Å². The maximum atomic E-state index is 12.1. The maximum absolute atomic E-state index is 12.1. The highest BCUT2D eigenvalue weighted by Gasteiger charge is 2.09. The molecule has 0 fully saturated rings. The second-order valence-corrected chi connectivity index (χ2v) is 6.29. The Hall–Kier alpha value is -0.730. The van der Waals surface area contributed by atoms with Crippen molar-refractivity contribution < 1.29 is 4.55 Å². The van der Waals surface area contributed by atoms with Crippen LogP contribution in [0.1, 0.15) is 51.0 Å². The van der Waals surface area contributed by atoms with Crippen molar-refractivity contribution >= 4 is 17.3 Å². The minimum atomic E-state index is -0.837. The van der Waals surface area contributed by atoms with Crippen LogP contribution in [-0.4, -0.2) is 10.3 Å². The van der Waals surface area contributed by atoms with Crippen LogP contribution >= 0.6 is 0 Å². The Labute approximate surface area is 121 Å². The van der Waals surface area contributed by atoms with Crippen molar-refractivity contribution in [2.75, 3.05) is 5.75 Å². The molecule has 0 saturated carbocycles. The van der Waals surface area contributed by atoms with Gasteiger partial charge in [-0.3, -0.25) is 0 Å². The summed E-state index contributed by atoms with van der Waals surface area (Å²) in [5.41, 5.74) is 1.17. The third-order valence-electron chi connectivity index (χ3n) is 3.01. The summed E-state index contributed by atoms with van der Waals surface area (Å²) < 4.78 is 12.1. The minimum absolute atomic E-state index is 0.788. The van der Waals surface area contributed by atoms with E-state index < -0.39 is 11.2 Å². The Bertz CT molecular complexity index is 356. The summed E-state index contributed by atoms with van der Waals surface area (Å²) >= 11 is -0.837. The molecule has 0 aliphatic heterocycles. The molecule has 1 nitrogen and oxygen atoms in total. The summed E-state index contributed by atoms with van der Waals surface area (Å²) in [6.45, 7) is 6.00. The lowest BCUT2D eigenvalue weighted by Gasteiger charge is -2.10. The highest BCUT2D eigenvalue weighted by Crippen LogP contribution is 2.15. The number of hydrogen-bond donors (Lipinski definition) is 0. The predicted octanol–water partition coefficient (Wildman–Crippen LogP) is 5.00. The molecule has 1 aromatic carbocycles. The van der Waals surface area contributed by atoms with Crippen LogP contribution in [0.2, 0.25) is 0 Å². The molecule has 0 amide bonds. The lowest BCUT2D eigenvalue weighted by Crippen LogP contribution is -2.06. The van der Waals surface area contributed by atoms with E-state index in [1.165, 1.54) is 24.8 Å². The summed E-state index contributed by atoms with van der Waals surface area (Å²) in [4.78, 5) is 0.950. The van der Waals surface area contributed by atoms with E-state index in [9.17, 15) is 4.55 Å². The first kappa shape index (κ1) is 16.3. The SMILES string of the molecule is [CH2]CCC=Cc1ccc([S+]([O-])CCCCCC)cc1. The van der Waals surface area contributed by atoms with Crippen LogP contribution in [0.4, 0.5) is 0 Å². The zero-order chi connectivity index (χ0) is 13.9. The van der Waals surface area contributed by atoms with E-state index >= 15 is 0 Å². The van der Waals surface area contributed by atoms with Crippen LogP contribution in [0.25, 0.3) is 6.08 Å². The second-order valence-electron chi connectivity index (χ2n) is 4.72. The van der Waals surface area contributed by atoms with Gasteiger partial charge in [0, 0.05) is 0 Å². The summed E-state index contributed by atoms with van der Waals surface area (Å²) in [7, 11) is 0. The molecule has 0 saturated heterocycles. The van der Waals surface area contributed by atoms with Crippen molar-refractivity contribution in [3.05, 3.63) is 42.8 Å². The lowest BCUT2D eigenvalue weighted by atomic mass is 10.2. The van der Waals surface area contributed by atoms with Crippen LogP contribution in [0, 0.1) is 6.92 Å². The van der Waals surface area contributed by atoms with E-state index in [1.54, 1.807) is 0 Å². The molecule has 2 heteroatoms. The molecule has 19 heavy (non-hydrogen) atoms. The van der Waals surface area contributed by atoms with Gasteiger partial charge < -0.3 is 4.55 Å². The Kier molecular flexibility index (Phi) is 8.68. The maximum Gasteiger partial charge on any atom is 0.152 e. The third-order valence-corrected chi connectivity index (χ3v) is 4.46. The highest BCUT2D eigenvalue weighted by atomic mass is 32.2. The van der Waals surface area contributed by atoms with Crippen LogP contribution in [0.15, 0.2) is 35.2 Å². The number of benzene rings is 1. The number of allylic oxidation sites excluding steroid dienone is 1. The number of hydrogen-bond acceptors (Lipinski definition) is 1. The second kappa shape index (κ2) is 10.1. The van der Waals surface area contributed by atoms with Crippen molar-refractivity contribution in [1.29, 1.82) is 0 Å². The van der Waals surface area contributed by atoms with Crippen LogP contribution in [-0.2, 0) is 11.2 Å². The normalized spacial score (nSPS) is 13.0. The predicted molar refractivity (Wildman–Crippen MR) is 85.5 cm³/mol. The molecule has 0 heterocycles. The summed E-state index contributed by atoms with van der Waals surface area (Å²) in [6.07, 6.45) is 10.9. The summed E-state index contributed by atoms with van der Waals surface area (Å²) in [6, 6.07) is 8.05. The fourth-order valence-corrected chi connectivity index (χ4v) is 2.99. The Morgan fingerprint density at radius 3 is 2.53 bits per heavy atom. The molecule has 0 bridgehead atoms. The molecule has 1 atom stereocenters. The quantitative estimate of drug-likeness (QED) is 0.460. The Morgan fingerprint density at radius 1 is 1.16 bits per heavy atom. The van der Waals surface area contributed by atoms with Gasteiger partial charge >= 0.3 is 0 Å². The molecule has 0 N–H and O–H groups in total. The van der Waals surface area contributed by atoms with Crippen molar-refractivity contribution in [3.63, 3.8) is 0 Å². The van der Waals surface area contributed by atoms with Gasteiger partial charge in [-0.25, -0.2) is 0 Å². The van der Waals surface area contributed by atoms with Gasteiger partial charge in [0.1, 0.15) is 5.75 Å². The van der Waals surface area contributed by atoms with E-state index in [4.69, 9.17) is 0 Å². The topological polar surface area (TPSA) is 23.1 Å². The molecule has 1 aromatic rings. The van der Waals surface area contributed by atoms with Crippen molar-refractivity contribution in [1.82, 2.24) is 0 Å². The third kappa shape index (κ3) is 6.84. The van der Waals surface area contributed by atoms with Crippen molar-refractivity contribution in [2.24, 2.45) is 0 Å². The Morgan fingerprint density at radius 2 is 1.89 bits per heavy atom. The number of rotatable bonds is 9. The average molecular weight is 277 g/mol. The van der Waals surface area contributed by atoms with Gasteiger partial charge in [-0.15, -0.1) is 0 Å². The monoisotopic (exact) mass is 277 g/mol. The van der Waals surface area contributed by atoms with E-state index in [0.717, 1.165) is 29.9 Å². The highest BCUT2D eigenvalue weighted by molar-refractivity contribution is 7.91. The molecule has 1 radical (unpaired) electrons. The first-order valence-electron chi connectivity index (χ1n) is 7.22. The van der Waals surface area contributed by atoms with Gasteiger partial charge in [0.15, 0.2) is 4.90 Å². The van der Waals surface area contributed by atoms with Gasteiger partial charge in [-0.05, 0) is 54.6 Å². The fourth-order valence-electron chi connectivity index (χ4n) is 1.85. The van der Waals surface area contributed by atoms with Gasteiger partial charge in [0.2, 0.25) is 0 Å². The minimum Gasteiger partial charge on any atom is -0.611 e. The smallest absolute Gasteiger partial charge is 0.152 e. The largest absolute Gasteiger partial charge is 0.611 e. The summed E-state index contributed by atoms with van der Waals surface area (Å²) in [5, 5.41) is 0. The van der Waals surface area contributed by atoms with E-state index in [0.29, 0.717) is 0 Å². The van der Waals surface area contributed by atoms with Crippen molar-refractivity contribution in [3.8, 4) is 0 Å². The van der Waals surface area contributed by atoms with E-state index in [1.807, 2.05) is 24.3 Å². The van der Waals surface area contributed by atoms with Gasteiger partial charge in [-0.1, -0.05) is 51.0 Å². The molecule has 105 valence electrons. The molecular formula is C17H25OS.